The molecule has 2 N–H and O–H groups in total. The molecule has 0 radical (unpaired) electrons. The molecule has 0 saturated heterocycles. The molecule has 4 aromatic rings. The highest BCUT2D eigenvalue weighted by atomic mass is 16.5. The van der Waals surface area contributed by atoms with Crippen LogP contribution in [0.15, 0.2) is 48.9 Å². The molecule has 1 atom stereocenters. The van der Waals surface area contributed by atoms with Gasteiger partial charge in [-0.15, -0.1) is 0 Å². The lowest BCUT2D eigenvalue weighted by molar-refractivity contribution is -0.118. The molecular formula is C24H22N6O4. The molecule has 10 nitrogen and oxygen atoms in total. The Morgan fingerprint density at radius 3 is 3.06 bits per heavy atom. The monoisotopic (exact) mass is 458 g/mol. The zero-order chi connectivity index (χ0) is 23.1. The number of ether oxygens (including phenoxy) is 3. The summed E-state index contributed by atoms with van der Waals surface area (Å²) < 4.78 is 18.6. The molecule has 5 heterocycles. The van der Waals surface area contributed by atoms with E-state index in [0.29, 0.717) is 30.5 Å². The maximum Gasteiger partial charge on any atom is 0.262 e. The fourth-order valence-corrected chi connectivity index (χ4v) is 4.24. The average Bonchev–Trinajstić information content (AvgIpc) is 3.35. The third kappa shape index (κ3) is 3.72. The third-order valence-electron chi connectivity index (χ3n) is 5.98. The van der Waals surface area contributed by atoms with E-state index in [1.807, 2.05) is 35.1 Å². The van der Waals surface area contributed by atoms with E-state index in [9.17, 15) is 4.79 Å². The third-order valence-corrected chi connectivity index (χ3v) is 5.98. The Labute approximate surface area is 194 Å². The normalized spacial score (nSPS) is 16.6. The number of nitrogens with zero attached hydrogens (tertiary/aromatic N) is 4. The summed E-state index contributed by atoms with van der Waals surface area (Å²) in [5.74, 6) is 1.83. The van der Waals surface area contributed by atoms with Crippen LogP contribution >= 0.6 is 0 Å². The van der Waals surface area contributed by atoms with Crippen LogP contribution in [0.3, 0.4) is 0 Å². The molecular weight excluding hydrogens is 436 g/mol. The summed E-state index contributed by atoms with van der Waals surface area (Å²) in [4.78, 5) is 20.6. The summed E-state index contributed by atoms with van der Waals surface area (Å²) in [5.41, 5.74) is 5.20. The first-order chi connectivity index (χ1) is 16.7. The van der Waals surface area contributed by atoms with Gasteiger partial charge in [0.15, 0.2) is 6.61 Å². The molecule has 0 spiro atoms. The number of amides is 1. The Kier molecular flexibility index (Phi) is 4.90. The molecule has 1 aromatic carbocycles. The van der Waals surface area contributed by atoms with Crippen molar-refractivity contribution < 1.29 is 19.0 Å². The number of nitrogens with one attached hydrogen (secondary N) is 2. The number of methoxy groups -OCH3 is 1. The molecule has 3 aromatic heterocycles. The van der Waals surface area contributed by atoms with E-state index in [1.165, 1.54) is 0 Å². The van der Waals surface area contributed by atoms with Crippen molar-refractivity contribution in [2.24, 2.45) is 0 Å². The SMILES string of the molecule is COc1ccc2ncc3c(c2n1)CC(n1cc(NCc2ccc4c(c2)NC(=O)CO4)cn1)CO3. The minimum Gasteiger partial charge on any atom is -0.489 e. The maximum absolute atomic E-state index is 11.6. The highest BCUT2D eigenvalue weighted by Crippen LogP contribution is 2.34. The first-order valence-electron chi connectivity index (χ1n) is 11.0. The van der Waals surface area contributed by atoms with Crippen molar-refractivity contribution in [1.82, 2.24) is 19.7 Å². The second-order valence-electron chi connectivity index (χ2n) is 8.22. The van der Waals surface area contributed by atoms with E-state index < -0.39 is 0 Å². The molecule has 0 aliphatic carbocycles. The highest BCUT2D eigenvalue weighted by Gasteiger charge is 2.25. The Morgan fingerprint density at radius 1 is 1.21 bits per heavy atom. The van der Waals surface area contributed by atoms with Gasteiger partial charge in [0.1, 0.15) is 18.1 Å². The molecule has 172 valence electrons. The van der Waals surface area contributed by atoms with Crippen LogP contribution in [0, 0.1) is 0 Å². The van der Waals surface area contributed by atoms with E-state index in [0.717, 1.165) is 40.0 Å². The van der Waals surface area contributed by atoms with Gasteiger partial charge >= 0.3 is 0 Å². The van der Waals surface area contributed by atoms with Crippen LogP contribution in [0.5, 0.6) is 17.4 Å². The summed E-state index contributed by atoms with van der Waals surface area (Å²) in [6, 6.07) is 9.49. The zero-order valence-corrected chi connectivity index (χ0v) is 18.4. The second kappa shape index (κ2) is 8.22. The summed E-state index contributed by atoms with van der Waals surface area (Å²) in [6.45, 7) is 1.13. The van der Waals surface area contributed by atoms with Gasteiger partial charge < -0.3 is 24.8 Å². The molecule has 10 heteroatoms. The molecule has 0 saturated carbocycles. The molecule has 34 heavy (non-hydrogen) atoms. The Balaban J connectivity index is 1.17. The molecule has 0 bridgehead atoms. The summed E-state index contributed by atoms with van der Waals surface area (Å²) in [5, 5.41) is 10.8. The molecule has 6 rings (SSSR count). The topological polar surface area (TPSA) is 112 Å². The van der Waals surface area contributed by atoms with Crippen LogP contribution in [-0.4, -0.2) is 46.0 Å². The van der Waals surface area contributed by atoms with Crippen LogP contribution in [0.4, 0.5) is 11.4 Å². The van der Waals surface area contributed by atoms with Gasteiger partial charge in [0.25, 0.3) is 5.91 Å². The number of hydrogen-bond donors (Lipinski definition) is 2. The van der Waals surface area contributed by atoms with Gasteiger partial charge in [-0.3, -0.25) is 14.5 Å². The van der Waals surface area contributed by atoms with E-state index in [2.05, 4.69) is 25.7 Å². The van der Waals surface area contributed by atoms with Crippen molar-refractivity contribution in [3.8, 4) is 17.4 Å². The minimum absolute atomic E-state index is 0.0257. The van der Waals surface area contributed by atoms with Crippen LogP contribution < -0.4 is 24.8 Å². The van der Waals surface area contributed by atoms with E-state index in [-0.39, 0.29) is 18.6 Å². The second-order valence-corrected chi connectivity index (χ2v) is 8.22. The number of rotatable bonds is 5. The Morgan fingerprint density at radius 2 is 2.15 bits per heavy atom. The Bertz CT molecular complexity index is 1400. The van der Waals surface area contributed by atoms with Gasteiger partial charge in [-0.2, -0.15) is 5.10 Å². The van der Waals surface area contributed by atoms with E-state index in [1.54, 1.807) is 25.6 Å². The number of anilines is 2. The molecule has 1 unspecified atom stereocenters. The summed E-state index contributed by atoms with van der Waals surface area (Å²) in [6.07, 6.45) is 6.24. The van der Waals surface area contributed by atoms with E-state index in [4.69, 9.17) is 14.2 Å². The van der Waals surface area contributed by atoms with Crippen LogP contribution in [0.1, 0.15) is 17.2 Å². The van der Waals surface area contributed by atoms with Crippen molar-refractivity contribution in [2.45, 2.75) is 19.0 Å². The largest absolute Gasteiger partial charge is 0.489 e. The number of aromatic nitrogens is 4. The average molecular weight is 458 g/mol. The summed E-state index contributed by atoms with van der Waals surface area (Å²) in [7, 11) is 1.60. The number of benzene rings is 1. The van der Waals surface area contributed by atoms with Crippen molar-refractivity contribution >= 4 is 28.3 Å². The van der Waals surface area contributed by atoms with Crippen molar-refractivity contribution in [1.29, 1.82) is 0 Å². The molecule has 2 aliphatic heterocycles. The van der Waals surface area contributed by atoms with Gasteiger partial charge in [0.05, 0.1) is 48.0 Å². The standard InChI is InChI=1S/C24H22N6O4/c1-32-23-5-3-18-24(29-23)17-7-16(12-33-21(17)10-26-18)30-11-15(9-27-30)25-8-14-2-4-20-19(6-14)28-22(31)13-34-20/h2-6,9-11,16,25H,7-8,12-13H2,1H3,(H,28,31). The lowest BCUT2D eigenvalue weighted by Gasteiger charge is -2.26. The van der Waals surface area contributed by atoms with Gasteiger partial charge in [0, 0.05) is 30.8 Å². The quantitative estimate of drug-likeness (QED) is 0.470. The molecule has 1 amide bonds. The number of fused-ring (bicyclic) bond motifs is 4. The van der Waals surface area contributed by atoms with Crippen LogP contribution in [0.25, 0.3) is 11.0 Å². The summed E-state index contributed by atoms with van der Waals surface area (Å²) >= 11 is 0. The first kappa shape index (κ1) is 20.3. The lowest BCUT2D eigenvalue weighted by atomic mass is 10.0. The van der Waals surface area contributed by atoms with Crippen molar-refractivity contribution in [3.05, 3.63) is 60.0 Å². The number of pyridine rings is 2. The molecule has 2 aliphatic rings. The van der Waals surface area contributed by atoms with Gasteiger partial charge in [-0.05, 0) is 23.8 Å². The molecule has 0 fully saturated rings. The van der Waals surface area contributed by atoms with E-state index >= 15 is 0 Å². The zero-order valence-electron chi connectivity index (χ0n) is 18.4. The fourth-order valence-electron chi connectivity index (χ4n) is 4.24. The number of carbonyl (C=O) groups excluding carboxylic acids is 1. The predicted octanol–water partition coefficient (Wildman–Crippen LogP) is 2.95. The fraction of sp³-hybridized carbons (Fsp3) is 0.250. The first-order valence-corrected chi connectivity index (χ1v) is 11.0. The van der Waals surface area contributed by atoms with Crippen molar-refractivity contribution in [2.75, 3.05) is 31.0 Å². The smallest absolute Gasteiger partial charge is 0.262 e. The van der Waals surface area contributed by atoms with Gasteiger partial charge in [0.2, 0.25) is 5.88 Å². The van der Waals surface area contributed by atoms with Gasteiger partial charge in [-0.1, -0.05) is 6.07 Å². The lowest BCUT2D eigenvalue weighted by Crippen LogP contribution is -2.25. The van der Waals surface area contributed by atoms with Crippen LogP contribution in [0.2, 0.25) is 0 Å². The van der Waals surface area contributed by atoms with Crippen LogP contribution in [-0.2, 0) is 17.8 Å². The maximum atomic E-state index is 11.6. The van der Waals surface area contributed by atoms with Crippen molar-refractivity contribution in [3.63, 3.8) is 0 Å². The highest BCUT2D eigenvalue weighted by molar-refractivity contribution is 5.95. The minimum atomic E-state index is -0.146. The number of hydrogen-bond acceptors (Lipinski definition) is 8. The predicted molar refractivity (Wildman–Crippen MR) is 124 cm³/mol. The van der Waals surface area contributed by atoms with Gasteiger partial charge in [-0.25, -0.2) is 4.98 Å². The Hall–Kier alpha value is -4.34. The number of carbonyl (C=O) groups is 1.